The molecule has 0 spiro atoms. The van der Waals surface area contributed by atoms with Crippen molar-refractivity contribution in [3.8, 4) is 0 Å². The summed E-state index contributed by atoms with van der Waals surface area (Å²) in [6.07, 6.45) is -0.690. The molecule has 0 aromatic heterocycles. The van der Waals surface area contributed by atoms with Gasteiger partial charge in [0.25, 0.3) is 0 Å². The Hall–Kier alpha value is -2.57. The van der Waals surface area contributed by atoms with Crippen molar-refractivity contribution in [3.63, 3.8) is 0 Å². The van der Waals surface area contributed by atoms with Crippen molar-refractivity contribution in [2.45, 2.75) is 25.8 Å². The fraction of sp³-hybridized carbons (Fsp3) is 0.308. The van der Waals surface area contributed by atoms with Crippen molar-refractivity contribution < 1.29 is 24.6 Å². The maximum atomic E-state index is 11.5. The standard InChI is InChI=1S/C13H16N2O5/c16-11(2-1-3-12(17)18)15-10-6-4-9(5-7-10)8-14-13(19)20/h4-7,14H,1-3,8H2,(H,15,16)(H,17,18)(H,19,20). The normalized spacial score (nSPS) is 9.80. The Morgan fingerprint density at radius 3 is 2.20 bits per heavy atom. The van der Waals surface area contributed by atoms with E-state index in [1.54, 1.807) is 24.3 Å². The van der Waals surface area contributed by atoms with E-state index in [1.807, 2.05) is 0 Å². The number of hydrogen-bond donors (Lipinski definition) is 4. The molecule has 0 saturated carbocycles. The van der Waals surface area contributed by atoms with Crippen LogP contribution in [0.15, 0.2) is 24.3 Å². The molecule has 0 unspecified atom stereocenters. The van der Waals surface area contributed by atoms with Crippen LogP contribution in [0.1, 0.15) is 24.8 Å². The molecule has 0 aliphatic rings. The Kier molecular flexibility index (Phi) is 6.02. The molecule has 0 saturated heterocycles. The highest BCUT2D eigenvalue weighted by Gasteiger charge is 2.04. The van der Waals surface area contributed by atoms with Gasteiger partial charge < -0.3 is 20.8 Å². The van der Waals surface area contributed by atoms with Crippen LogP contribution in [0.4, 0.5) is 10.5 Å². The first-order chi connectivity index (χ1) is 9.47. The third-order valence-corrected chi connectivity index (χ3v) is 2.48. The number of anilines is 1. The van der Waals surface area contributed by atoms with E-state index in [1.165, 1.54) is 0 Å². The van der Waals surface area contributed by atoms with Crippen LogP contribution >= 0.6 is 0 Å². The van der Waals surface area contributed by atoms with E-state index < -0.39 is 12.1 Å². The monoisotopic (exact) mass is 280 g/mol. The summed E-state index contributed by atoms with van der Waals surface area (Å²) in [6.45, 7) is 0.197. The number of rotatable bonds is 7. The van der Waals surface area contributed by atoms with E-state index in [2.05, 4.69) is 10.6 Å². The van der Waals surface area contributed by atoms with E-state index in [4.69, 9.17) is 10.2 Å². The van der Waals surface area contributed by atoms with Crippen LogP contribution in [0, 0.1) is 0 Å². The summed E-state index contributed by atoms with van der Waals surface area (Å²) in [4.78, 5) is 32.1. The van der Waals surface area contributed by atoms with Gasteiger partial charge in [-0.3, -0.25) is 9.59 Å². The number of aliphatic carboxylic acids is 1. The van der Waals surface area contributed by atoms with Crippen molar-refractivity contribution in [3.05, 3.63) is 29.8 Å². The Morgan fingerprint density at radius 2 is 1.65 bits per heavy atom. The van der Waals surface area contributed by atoms with Crippen molar-refractivity contribution in [1.82, 2.24) is 5.32 Å². The average Bonchev–Trinajstić information content (AvgIpc) is 2.37. The van der Waals surface area contributed by atoms with Gasteiger partial charge in [-0.15, -0.1) is 0 Å². The molecule has 0 atom stereocenters. The SMILES string of the molecule is O=C(O)CCCC(=O)Nc1ccc(CNC(=O)O)cc1. The molecule has 20 heavy (non-hydrogen) atoms. The first-order valence-electron chi connectivity index (χ1n) is 6.05. The summed E-state index contributed by atoms with van der Waals surface area (Å²) < 4.78 is 0. The Bertz CT molecular complexity index is 484. The molecule has 4 N–H and O–H groups in total. The van der Waals surface area contributed by atoms with Gasteiger partial charge in [-0.05, 0) is 24.1 Å². The molecule has 1 rings (SSSR count). The molecule has 0 bridgehead atoms. The van der Waals surface area contributed by atoms with Crippen molar-refractivity contribution in [1.29, 1.82) is 0 Å². The van der Waals surface area contributed by atoms with Crippen molar-refractivity contribution in [2.24, 2.45) is 0 Å². The van der Waals surface area contributed by atoms with Gasteiger partial charge in [-0.2, -0.15) is 0 Å². The summed E-state index contributed by atoms with van der Waals surface area (Å²) >= 11 is 0. The first kappa shape index (κ1) is 15.5. The van der Waals surface area contributed by atoms with E-state index in [-0.39, 0.29) is 25.3 Å². The highest BCUT2D eigenvalue weighted by molar-refractivity contribution is 5.90. The summed E-state index contributed by atoms with van der Waals surface area (Å²) in [5.41, 5.74) is 1.36. The van der Waals surface area contributed by atoms with Crippen LogP contribution in [-0.4, -0.2) is 28.2 Å². The topological polar surface area (TPSA) is 116 Å². The number of carboxylic acid groups (broad SMARTS) is 2. The lowest BCUT2D eigenvalue weighted by atomic mass is 10.2. The molecule has 0 heterocycles. The molecule has 1 aromatic carbocycles. The van der Waals surface area contributed by atoms with Gasteiger partial charge in [0, 0.05) is 25.1 Å². The van der Waals surface area contributed by atoms with Crippen LogP contribution in [0.2, 0.25) is 0 Å². The van der Waals surface area contributed by atoms with Gasteiger partial charge in [0.15, 0.2) is 0 Å². The Morgan fingerprint density at radius 1 is 1.00 bits per heavy atom. The number of carboxylic acids is 1. The quantitative estimate of drug-likeness (QED) is 0.606. The van der Waals surface area contributed by atoms with E-state index in [0.717, 1.165) is 5.56 Å². The summed E-state index contributed by atoms with van der Waals surface area (Å²) in [5.74, 6) is -1.17. The minimum Gasteiger partial charge on any atom is -0.481 e. The molecular weight excluding hydrogens is 264 g/mol. The first-order valence-corrected chi connectivity index (χ1v) is 6.05. The lowest BCUT2D eigenvalue weighted by Gasteiger charge is -2.06. The van der Waals surface area contributed by atoms with Crippen molar-refractivity contribution >= 4 is 23.7 Å². The second-order valence-corrected chi connectivity index (χ2v) is 4.15. The zero-order valence-corrected chi connectivity index (χ0v) is 10.8. The number of carbonyl (C=O) groups excluding carboxylic acids is 1. The predicted octanol–water partition coefficient (Wildman–Crippen LogP) is 1.65. The zero-order valence-electron chi connectivity index (χ0n) is 10.8. The number of amides is 2. The minimum atomic E-state index is -1.10. The number of benzene rings is 1. The molecule has 0 aliphatic heterocycles. The summed E-state index contributed by atoms with van der Waals surface area (Å²) in [5, 5.41) is 21.8. The highest BCUT2D eigenvalue weighted by atomic mass is 16.4. The molecule has 2 amide bonds. The molecule has 0 fully saturated rings. The molecule has 1 aromatic rings. The fourth-order valence-corrected chi connectivity index (χ4v) is 1.51. The second kappa shape index (κ2) is 7.78. The second-order valence-electron chi connectivity index (χ2n) is 4.15. The summed E-state index contributed by atoms with van der Waals surface area (Å²) in [6, 6.07) is 6.72. The Balaban J connectivity index is 2.38. The molecular formula is C13H16N2O5. The molecule has 108 valence electrons. The van der Waals surface area contributed by atoms with Gasteiger partial charge >= 0.3 is 12.1 Å². The van der Waals surface area contributed by atoms with Crippen LogP contribution in [0.5, 0.6) is 0 Å². The van der Waals surface area contributed by atoms with Crippen LogP contribution in [0.25, 0.3) is 0 Å². The molecule has 7 nitrogen and oxygen atoms in total. The third kappa shape index (κ3) is 6.39. The van der Waals surface area contributed by atoms with E-state index >= 15 is 0 Å². The van der Waals surface area contributed by atoms with Crippen LogP contribution in [0.3, 0.4) is 0 Å². The maximum absolute atomic E-state index is 11.5. The van der Waals surface area contributed by atoms with Gasteiger partial charge in [-0.25, -0.2) is 4.79 Å². The van der Waals surface area contributed by atoms with Gasteiger partial charge in [0.2, 0.25) is 5.91 Å². The van der Waals surface area contributed by atoms with Crippen LogP contribution < -0.4 is 10.6 Å². The molecule has 0 aliphatic carbocycles. The number of hydrogen-bond acceptors (Lipinski definition) is 3. The predicted molar refractivity (Wildman–Crippen MR) is 71.4 cm³/mol. The van der Waals surface area contributed by atoms with E-state index in [9.17, 15) is 14.4 Å². The average molecular weight is 280 g/mol. The van der Waals surface area contributed by atoms with Crippen molar-refractivity contribution in [2.75, 3.05) is 5.32 Å². The third-order valence-electron chi connectivity index (χ3n) is 2.48. The lowest BCUT2D eigenvalue weighted by molar-refractivity contribution is -0.137. The molecule has 7 heteroatoms. The number of carbonyl (C=O) groups is 3. The highest BCUT2D eigenvalue weighted by Crippen LogP contribution is 2.10. The minimum absolute atomic E-state index is 0.0345. The number of nitrogens with one attached hydrogen (secondary N) is 2. The van der Waals surface area contributed by atoms with Gasteiger partial charge in [0.05, 0.1) is 0 Å². The Labute approximate surface area is 115 Å². The maximum Gasteiger partial charge on any atom is 0.404 e. The lowest BCUT2D eigenvalue weighted by Crippen LogP contribution is -2.19. The van der Waals surface area contributed by atoms with E-state index in [0.29, 0.717) is 12.1 Å². The van der Waals surface area contributed by atoms with Gasteiger partial charge in [-0.1, -0.05) is 12.1 Å². The smallest absolute Gasteiger partial charge is 0.404 e. The van der Waals surface area contributed by atoms with Crippen LogP contribution in [-0.2, 0) is 16.1 Å². The van der Waals surface area contributed by atoms with Gasteiger partial charge in [0.1, 0.15) is 0 Å². The zero-order chi connectivity index (χ0) is 15.0. The fourth-order valence-electron chi connectivity index (χ4n) is 1.51. The molecule has 0 radical (unpaired) electrons. The largest absolute Gasteiger partial charge is 0.481 e. The summed E-state index contributed by atoms with van der Waals surface area (Å²) in [7, 11) is 0.